The lowest BCUT2D eigenvalue weighted by Gasteiger charge is -2.31. The molecule has 0 amide bonds. The molecular formula is C21H24N2O2. The number of benzene rings is 1. The number of nitrogens with zero attached hydrogens (tertiary/aromatic N) is 1. The van der Waals surface area contributed by atoms with Crippen molar-refractivity contribution in [2.45, 2.75) is 32.6 Å². The first-order valence-electron chi connectivity index (χ1n) is 8.51. The van der Waals surface area contributed by atoms with E-state index in [0.717, 1.165) is 24.1 Å². The predicted octanol–water partition coefficient (Wildman–Crippen LogP) is 5.25. The van der Waals surface area contributed by atoms with E-state index in [1.54, 1.807) is 24.5 Å². The zero-order valence-electron chi connectivity index (χ0n) is 14.7. The molecule has 2 atom stereocenters. The number of nitrogens with one attached hydrogen (secondary N) is 1. The number of hydrogen-bond acceptors (Lipinski definition) is 4. The zero-order chi connectivity index (χ0) is 18.0. The highest BCUT2D eigenvalue weighted by molar-refractivity contribution is 5.66. The molecule has 1 aromatic heterocycles. The fraction of sp³-hybridized carbons (Fsp3) is 0.286. The van der Waals surface area contributed by atoms with Crippen molar-refractivity contribution in [2.24, 2.45) is 5.92 Å². The first-order valence-corrected chi connectivity index (χ1v) is 8.51. The van der Waals surface area contributed by atoms with Crippen LogP contribution in [0, 0.1) is 5.92 Å². The van der Waals surface area contributed by atoms with Gasteiger partial charge in [-0.15, -0.1) is 0 Å². The summed E-state index contributed by atoms with van der Waals surface area (Å²) in [6.07, 6.45) is 7.53. The summed E-state index contributed by atoms with van der Waals surface area (Å²) in [6, 6.07) is 6.99. The lowest BCUT2D eigenvalue weighted by molar-refractivity contribution is 0.407. The standard InChI is InChI=1S/C21H24N2O2/c1-13(2)17-7-6-14(3)9-18(17)21-19(24)10-16(11-20(21)25)23-15-5-4-8-22-12-15/h4-5,8-12,17-18,23-25H,1,6-7H2,2-3H3/t17-,18+/m0/s1. The first-order chi connectivity index (χ1) is 12.0. The molecule has 0 unspecified atom stereocenters. The molecular weight excluding hydrogens is 312 g/mol. The van der Waals surface area contributed by atoms with Crippen molar-refractivity contribution in [3.8, 4) is 11.5 Å². The van der Waals surface area contributed by atoms with Gasteiger partial charge in [0.05, 0.1) is 11.9 Å². The minimum Gasteiger partial charge on any atom is -0.507 e. The summed E-state index contributed by atoms with van der Waals surface area (Å²) >= 11 is 0. The number of aromatic nitrogens is 1. The Hall–Kier alpha value is -2.75. The molecule has 0 spiro atoms. The van der Waals surface area contributed by atoms with Crippen molar-refractivity contribution in [3.05, 3.63) is 66.0 Å². The van der Waals surface area contributed by atoms with Crippen LogP contribution in [0.2, 0.25) is 0 Å². The van der Waals surface area contributed by atoms with Crippen molar-refractivity contribution < 1.29 is 10.2 Å². The third-order valence-corrected chi connectivity index (χ3v) is 4.80. The molecule has 4 nitrogen and oxygen atoms in total. The Morgan fingerprint density at radius 2 is 1.96 bits per heavy atom. The number of hydrogen-bond donors (Lipinski definition) is 3. The van der Waals surface area contributed by atoms with Crippen LogP contribution in [-0.4, -0.2) is 15.2 Å². The number of phenolic OH excluding ortho intramolecular Hbond substituents is 2. The van der Waals surface area contributed by atoms with E-state index >= 15 is 0 Å². The highest BCUT2D eigenvalue weighted by atomic mass is 16.3. The van der Waals surface area contributed by atoms with Gasteiger partial charge in [0.1, 0.15) is 11.5 Å². The highest BCUT2D eigenvalue weighted by Crippen LogP contribution is 2.47. The molecule has 0 bridgehead atoms. The van der Waals surface area contributed by atoms with Gasteiger partial charge in [-0.2, -0.15) is 0 Å². The molecule has 3 rings (SSSR count). The van der Waals surface area contributed by atoms with Crippen LogP contribution in [0.25, 0.3) is 0 Å². The fourth-order valence-corrected chi connectivity index (χ4v) is 3.55. The van der Waals surface area contributed by atoms with Crippen LogP contribution in [0.3, 0.4) is 0 Å². The summed E-state index contributed by atoms with van der Waals surface area (Å²) in [6.45, 7) is 8.20. The van der Waals surface area contributed by atoms with Crippen molar-refractivity contribution in [3.63, 3.8) is 0 Å². The fourth-order valence-electron chi connectivity index (χ4n) is 3.55. The lowest BCUT2D eigenvalue weighted by Crippen LogP contribution is -2.17. The maximum atomic E-state index is 10.6. The average molecular weight is 336 g/mol. The monoisotopic (exact) mass is 336 g/mol. The maximum Gasteiger partial charge on any atom is 0.125 e. The quantitative estimate of drug-likeness (QED) is 0.667. The molecule has 3 N–H and O–H groups in total. The third kappa shape index (κ3) is 3.68. The molecule has 1 heterocycles. The molecule has 25 heavy (non-hydrogen) atoms. The minimum absolute atomic E-state index is 0.0568. The Labute approximate surface area is 148 Å². The summed E-state index contributed by atoms with van der Waals surface area (Å²) < 4.78 is 0. The van der Waals surface area contributed by atoms with E-state index in [4.69, 9.17) is 0 Å². The van der Waals surface area contributed by atoms with E-state index in [1.807, 2.05) is 19.1 Å². The van der Waals surface area contributed by atoms with E-state index in [-0.39, 0.29) is 23.3 Å². The highest BCUT2D eigenvalue weighted by Gasteiger charge is 2.30. The van der Waals surface area contributed by atoms with E-state index in [2.05, 4.69) is 29.9 Å². The number of rotatable bonds is 4. The van der Waals surface area contributed by atoms with E-state index < -0.39 is 0 Å². The summed E-state index contributed by atoms with van der Waals surface area (Å²) in [7, 11) is 0. The summed E-state index contributed by atoms with van der Waals surface area (Å²) in [4.78, 5) is 4.05. The van der Waals surface area contributed by atoms with Gasteiger partial charge in [0.15, 0.2) is 0 Å². The Bertz CT molecular complexity index is 789. The normalized spacial score (nSPS) is 20.0. The van der Waals surface area contributed by atoms with E-state index in [0.29, 0.717) is 11.3 Å². The van der Waals surface area contributed by atoms with E-state index in [9.17, 15) is 10.2 Å². The third-order valence-electron chi connectivity index (χ3n) is 4.80. The zero-order valence-corrected chi connectivity index (χ0v) is 14.7. The smallest absolute Gasteiger partial charge is 0.125 e. The average Bonchev–Trinajstić information content (AvgIpc) is 2.55. The minimum atomic E-state index is -0.0568. The van der Waals surface area contributed by atoms with Crippen LogP contribution in [-0.2, 0) is 0 Å². The molecule has 1 aromatic carbocycles. The predicted molar refractivity (Wildman–Crippen MR) is 101 cm³/mol. The Kier molecular flexibility index (Phi) is 4.79. The topological polar surface area (TPSA) is 65.4 Å². The van der Waals surface area contributed by atoms with Crippen LogP contribution in [0.4, 0.5) is 11.4 Å². The molecule has 0 fully saturated rings. The molecule has 0 radical (unpaired) electrons. The van der Waals surface area contributed by atoms with Gasteiger partial charge < -0.3 is 15.5 Å². The van der Waals surface area contributed by atoms with Gasteiger partial charge in [0.25, 0.3) is 0 Å². The molecule has 0 saturated heterocycles. The molecule has 1 aliphatic carbocycles. The molecule has 130 valence electrons. The van der Waals surface area contributed by atoms with Crippen molar-refractivity contribution in [1.29, 1.82) is 0 Å². The second-order valence-corrected chi connectivity index (χ2v) is 6.83. The molecule has 4 heteroatoms. The second-order valence-electron chi connectivity index (χ2n) is 6.83. The number of anilines is 2. The van der Waals surface area contributed by atoms with Gasteiger partial charge >= 0.3 is 0 Å². The van der Waals surface area contributed by atoms with Crippen LogP contribution < -0.4 is 5.32 Å². The number of pyridine rings is 1. The summed E-state index contributed by atoms with van der Waals surface area (Å²) in [5.41, 5.74) is 4.34. The number of aromatic hydroxyl groups is 2. The molecule has 2 aromatic rings. The Balaban J connectivity index is 1.97. The largest absolute Gasteiger partial charge is 0.507 e. The van der Waals surface area contributed by atoms with Crippen molar-refractivity contribution in [1.82, 2.24) is 4.98 Å². The number of allylic oxidation sites excluding steroid dienone is 3. The van der Waals surface area contributed by atoms with Crippen molar-refractivity contribution in [2.75, 3.05) is 5.32 Å². The van der Waals surface area contributed by atoms with Gasteiger partial charge in [0.2, 0.25) is 0 Å². The van der Waals surface area contributed by atoms with Gasteiger partial charge in [-0.1, -0.05) is 23.8 Å². The molecule has 1 aliphatic rings. The van der Waals surface area contributed by atoms with Gasteiger partial charge in [-0.05, 0) is 44.7 Å². The SMILES string of the molecule is C=C(C)[C@@H]1CCC(C)=C[C@H]1c1c(O)cc(Nc2cccnc2)cc1O. The summed E-state index contributed by atoms with van der Waals surface area (Å²) in [5, 5.41) is 24.4. The van der Waals surface area contributed by atoms with Crippen LogP contribution in [0.15, 0.2) is 60.5 Å². The first kappa shape index (κ1) is 17.1. The Morgan fingerprint density at radius 1 is 1.24 bits per heavy atom. The summed E-state index contributed by atoms with van der Waals surface area (Å²) in [5.74, 6) is 0.346. The molecule has 0 saturated carbocycles. The lowest BCUT2D eigenvalue weighted by atomic mass is 9.74. The van der Waals surface area contributed by atoms with Crippen LogP contribution in [0.1, 0.15) is 38.2 Å². The molecule has 0 aliphatic heterocycles. The van der Waals surface area contributed by atoms with Crippen LogP contribution in [0.5, 0.6) is 11.5 Å². The Morgan fingerprint density at radius 3 is 2.56 bits per heavy atom. The van der Waals surface area contributed by atoms with Crippen molar-refractivity contribution >= 4 is 11.4 Å². The van der Waals surface area contributed by atoms with Gasteiger partial charge in [-0.3, -0.25) is 4.98 Å². The van der Waals surface area contributed by atoms with E-state index in [1.165, 1.54) is 5.57 Å². The second kappa shape index (κ2) is 7.01. The van der Waals surface area contributed by atoms with Gasteiger partial charge in [-0.25, -0.2) is 0 Å². The number of phenols is 2. The van der Waals surface area contributed by atoms with Crippen LogP contribution >= 0.6 is 0 Å². The maximum absolute atomic E-state index is 10.6. The van der Waals surface area contributed by atoms with Gasteiger partial charge in [0, 0.05) is 35.5 Å².